The van der Waals surface area contributed by atoms with Crippen LogP contribution in [0, 0.1) is 0 Å². The Hall–Kier alpha value is -1.88. The number of nitrogens with one attached hydrogen (secondary N) is 2. The molecule has 2 atom stereocenters. The quantitative estimate of drug-likeness (QED) is 0.863. The second kappa shape index (κ2) is 6.26. The molecule has 2 aliphatic rings. The van der Waals surface area contributed by atoms with Gasteiger partial charge in [0, 0.05) is 24.2 Å². The summed E-state index contributed by atoms with van der Waals surface area (Å²) in [5, 5.41) is 6.11. The second-order valence-electron chi connectivity index (χ2n) is 5.73. The van der Waals surface area contributed by atoms with Gasteiger partial charge in [-0.15, -0.1) is 0 Å². The van der Waals surface area contributed by atoms with Gasteiger partial charge in [-0.05, 0) is 37.9 Å². The maximum absolute atomic E-state index is 12.4. The van der Waals surface area contributed by atoms with Gasteiger partial charge in [0.25, 0.3) is 5.91 Å². The van der Waals surface area contributed by atoms with Crippen molar-refractivity contribution in [1.29, 1.82) is 0 Å². The summed E-state index contributed by atoms with van der Waals surface area (Å²) in [5.74, 6) is -0.153. The molecule has 112 valence electrons. The lowest BCUT2D eigenvalue weighted by Gasteiger charge is -2.28. The molecule has 0 radical (unpaired) electrons. The van der Waals surface area contributed by atoms with Crippen molar-refractivity contribution in [2.75, 3.05) is 19.6 Å². The third-order valence-corrected chi connectivity index (χ3v) is 4.38. The predicted molar refractivity (Wildman–Crippen MR) is 79.9 cm³/mol. The van der Waals surface area contributed by atoms with Gasteiger partial charge in [0.05, 0.1) is 6.54 Å². The molecule has 0 saturated carbocycles. The number of hydrogen-bond acceptors (Lipinski definition) is 3. The Morgan fingerprint density at radius 2 is 1.90 bits per heavy atom. The van der Waals surface area contributed by atoms with Gasteiger partial charge < -0.3 is 15.5 Å². The zero-order valence-electron chi connectivity index (χ0n) is 12.0. The first-order chi connectivity index (χ1) is 10.3. The normalized spacial score (nSPS) is 24.5. The molecule has 2 amide bonds. The Labute approximate surface area is 124 Å². The van der Waals surface area contributed by atoms with E-state index in [2.05, 4.69) is 10.6 Å². The van der Waals surface area contributed by atoms with E-state index in [-0.39, 0.29) is 18.4 Å². The first-order valence-corrected chi connectivity index (χ1v) is 7.61. The van der Waals surface area contributed by atoms with Crippen LogP contribution >= 0.6 is 0 Å². The lowest BCUT2D eigenvalue weighted by Crippen LogP contribution is -2.47. The fourth-order valence-corrected chi connectivity index (χ4v) is 3.33. The van der Waals surface area contributed by atoms with Crippen LogP contribution in [0.3, 0.4) is 0 Å². The summed E-state index contributed by atoms with van der Waals surface area (Å²) >= 11 is 0. The zero-order chi connectivity index (χ0) is 14.7. The molecule has 5 heteroatoms. The van der Waals surface area contributed by atoms with Crippen molar-refractivity contribution >= 4 is 11.8 Å². The molecule has 2 N–H and O–H groups in total. The van der Waals surface area contributed by atoms with Crippen molar-refractivity contribution in [3.8, 4) is 0 Å². The van der Waals surface area contributed by atoms with Crippen molar-refractivity contribution in [1.82, 2.24) is 15.5 Å². The molecule has 2 fully saturated rings. The Kier molecular flexibility index (Phi) is 4.20. The Bertz CT molecular complexity index is 504. The summed E-state index contributed by atoms with van der Waals surface area (Å²) in [6.07, 6.45) is 3.16. The van der Waals surface area contributed by atoms with Crippen LogP contribution in [0.25, 0.3) is 0 Å². The maximum Gasteiger partial charge on any atom is 0.251 e. The summed E-state index contributed by atoms with van der Waals surface area (Å²) in [4.78, 5) is 26.4. The topological polar surface area (TPSA) is 61.4 Å². The summed E-state index contributed by atoms with van der Waals surface area (Å²) in [6.45, 7) is 1.93. The van der Waals surface area contributed by atoms with Gasteiger partial charge in [-0.25, -0.2) is 0 Å². The average Bonchev–Trinajstić information content (AvgIpc) is 2.78. The molecular formula is C16H21N3O2. The van der Waals surface area contributed by atoms with Crippen molar-refractivity contribution in [3.05, 3.63) is 35.9 Å². The number of nitrogens with zero attached hydrogens (tertiary/aromatic N) is 1. The molecule has 2 aliphatic heterocycles. The SMILES string of the molecule is O=C(NCC(=O)N1C2CCNCC1CC2)c1ccccc1. The van der Waals surface area contributed by atoms with Gasteiger partial charge in [-0.3, -0.25) is 9.59 Å². The molecule has 0 aliphatic carbocycles. The highest BCUT2D eigenvalue weighted by molar-refractivity contribution is 5.96. The third kappa shape index (κ3) is 3.08. The molecule has 5 nitrogen and oxygen atoms in total. The smallest absolute Gasteiger partial charge is 0.251 e. The van der Waals surface area contributed by atoms with E-state index in [4.69, 9.17) is 0 Å². The zero-order valence-corrected chi connectivity index (χ0v) is 12.0. The van der Waals surface area contributed by atoms with E-state index in [0.717, 1.165) is 32.4 Å². The number of benzene rings is 1. The minimum Gasteiger partial charge on any atom is -0.343 e. The number of fused-ring (bicyclic) bond motifs is 2. The first kappa shape index (κ1) is 14.1. The van der Waals surface area contributed by atoms with Crippen LogP contribution in [0.15, 0.2) is 30.3 Å². The van der Waals surface area contributed by atoms with Crippen LogP contribution in [0.1, 0.15) is 29.6 Å². The van der Waals surface area contributed by atoms with Crippen molar-refractivity contribution in [3.63, 3.8) is 0 Å². The monoisotopic (exact) mass is 287 g/mol. The number of hydrogen-bond donors (Lipinski definition) is 2. The number of rotatable bonds is 3. The van der Waals surface area contributed by atoms with Gasteiger partial charge in [-0.1, -0.05) is 18.2 Å². The fraction of sp³-hybridized carbons (Fsp3) is 0.500. The van der Waals surface area contributed by atoms with E-state index in [9.17, 15) is 9.59 Å². The number of carbonyl (C=O) groups is 2. The van der Waals surface area contributed by atoms with Crippen molar-refractivity contribution in [2.24, 2.45) is 0 Å². The van der Waals surface area contributed by atoms with Crippen molar-refractivity contribution in [2.45, 2.75) is 31.3 Å². The van der Waals surface area contributed by atoms with Gasteiger partial charge in [0.15, 0.2) is 0 Å². The van der Waals surface area contributed by atoms with E-state index in [0.29, 0.717) is 17.6 Å². The summed E-state index contributed by atoms with van der Waals surface area (Å²) in [7, 11) is 0. The number of carbonyl (C=O) groups excluding carboxylic acids is 2. The minimum absolute atomic E-state index is 0.0375. The van der Waals surface area contributed by atoms with Crippen LogP contribution in [0.5, 0.6) is 0 Å². The molecular weight excluding hydrogens is 266 g/mol. The van der Waals surface area contributed by atoms with Gasteiger partial charge >= 0.3 is 0 Å². The lowest BCUT2D eigenvalue weighted by atomic mass is 10.1. The molecule has 3 rings (SSSR count). The molecule has 2 saturated heterocycles. The predicted octanol–water partition coefficient (Wildman–Crippen LogP) is 0.769. The largest absolute Gasteiger partial charge is 0.343 e. The molecule has 0 spiro atoms. The van der Waals surface area contributed by atoms with E-state index in [1.807, 2.05) is 23.1 Å². The highest BCUT2D eigenvalue weighted by Gasteiger charge is 2.37. The van der Waals surface area contributed by atoms with Gasteiger partial charge in [0.2, 0.25) is 5.91 Å². The van der Waals surface area contributed by atoms with E-state index >= 15 is 0 Å². The Morgan fingerprint density at radius 1 is 1.14 bits per heavy atom. The van der Waals surface area contributed by atoms with Crippen LogP contribution in [0.4, 0.5) is 0 Å². The average molecular weight is 287 g/mol. The summed E-state index contributed by atoms with van der Waals surface area (Å²) < 4.78 is 0. The molecule has 2 unspecified atom stereocenters. The molecule has 2 heterocycles. The van der Waals surface area contributed by atoms with E-state index < -0.39 is 0 Å². The number of amides is 2. The van der Waals surface area contributed by atoms with Crippen LogP contribution in [-0.4, -0.2) is 48.4 Å². The van der Waals surface area contributed by atoms with Crippen molar-refractivity contribution < 1.29 is 9.59 Å². The highest BCUT2D eigenvalue weighted by atomic mass is 16.2. The van der Waals surface area contributed by atoms with Crippen LogP contribution in [-0.2, 0) is 4.79 Å². The fourth-order valence-electron chi connectivity index (χ4n) is 3.33. The summed E-state index contributed by atoms with van der Waals surface area (Å²) in [5.41, 5.74) is 0.589. The minimum atomic E-state index is -0.191. The summed E-state index contributed by atoms with van der Waals surface area (Å²) in [6, 6.07) is 9.63. The molecule has 1 aromatic rings. The van der Waals surface area contributed by atoms with Gasteiger partial charge in [0.1, 0.15) is 0 Å². The standard InChI is InChI=1S/C16H21N3O2/c20-15(11-18-16(21)12-4-2-1-3-5-12)19-13-6-7-14(19)10-17-9-8-13/h1-5,13-14,17H,6-11H2,(H,18,21). The third-order valence-electron chi connectivity index (χ3n) is 4.38. The van der Waals surface area contributed by atoms with Crippen LogP contribution < -0.4 is 10.6 Å². The maximum atomic E-state index is 12.4. The van der Waals surface area contributed by atoms with Crippen LogP contribution in [0.2, 0.25) is 0 Å². The molecule has 1 aromatic carbocycles. The molecule has 0 aromatic heterocycles. The lowest BCUT2D eigenvalue weighted by molar-refractivity contribution is -0.132. The molecule has 2 bridgehead atoms. The molecule has 21 heavy (non-hydrogen) atoms. The Balaban J connectivity index is 1.58. The van der Waals surface area contributed by atoms with Gasteiger partial charge in [-0.2, -0.15) is 0 Å². The highest BCUT2D eigenvalue weighted by Crippen LogP contribution is 2.27. The first-order valence-electron chi connectivity index (χ1n) is 7.61. The van der Waals surface area contributed by atoms with E-state index in [1.54, 1.807) is 12.1 Å². The second-order valence-corrected chi connectivity index (χ2v) is 5.73. The Morgan fingerprint density at radius 3 is 2.71 bits per heavy atom. The van der Waals surface area contributed by atoms with E-state index in [1.165, 1.54) is 0 Å².